The molecule has 8 rings (SSSR count). The number of nitrogens with zero attached hydrogens (tertiary/aromatic N) is 4. The number of rotatable bonds is 11. The lowest BCUT2D eigenvalue weighted by atomic mass is 10.0. The van der Waals surface area contributed by atoms with Crippen LogP contribution in [0.1, 0.15) is 29.8 Å². The first-order valence-corrected chi connectivity index (χ1v) is 19.4. The third-order valence-corrected chi connectivity index (χ3v) is 10.3. The van der Waals surface area contributed by atoms with Crippen LogP contribution >= 0.6 is 15.9 Å². The lowest BCUT2D eigenvalue weighted by Crippen LogP contribution is -2.44. The number of carbonyl (C=O) groups is 1. The van der Waals surface area contributed by atoms with Crippen molar-refractivity contribution in [1.29, 1.82) is 0 Å². The Balaban J connectivity index is 0.000000190. The van der Waals surface area contributed by atoms with Crippen LogP contribution in [0.5, 0.6) is 11.5 Å². The first kappa shape index (κ1) is 38.3. The van der Waals surface area contributed by atoms with Gasteiger partial charge < -0.3 is 29.2 Å². The maximum atomic E-state index is 12.3. The molecule has 1 aliphatic rings. The van der Waals surface area contributed by atoms with E-state index in [0.717, 1.165) is 71.1 Å². The van der Waals surface area contributed by atoms with Crippen LogP contribution in [0.15, 0.2) is 114 Å². The van der Waals surface area contributed by atoms with Gasteiger partial charge in [0.15, 0.2) is 5.78 Å². The van der Waals surface area contributed by atoms with Crippen molar-refractivity contribution in [3.8, 4) is 34.1 Å². The highest BCUT2D eigenvalue weighted by molar-refractivity contribution is 9.10. The minimum atomic E-state index is -0.481. The summed E-state index contributed by atoms with van der Waals surface area (Å²) in [5.41, 5.74) is 8.57. The van der Waals surface area contributed by atoms with Crippen molar-refractivity contribution in [1.82, 2.24) is 19.9 Å². The summed E-state index contributed by atoms with van der Waals surface area (Å²) in [6.45, 7) is 9.42. The molecule has 0 saturated carbocycles. The van der Waals surface area contributed by atoms with Gasteiger partial charge in [-0.1, -0.05) is 34.1 Å². The number of ether oxygens (including phenoxy) is 2. The van der Waals surface area contributed by atoms with Crippen LogP contribution < -0.4 is 14.4 Å². The quantitative estimate of drug-likeness (QED) is 0.0751. The lowest BCUT2D eigenvalue weighted by molar-refractivity contribution is -0.385. The Morgan fingerprint density at radius 2 is 1.46 bits per heavy atom. The first-order valence-electron chi connectivity index (χ1n) is 18.7. The zero-order chi connectivity index (χ0) is 39.2. The minimum absolute atomic E-state index is 0.0163. The van der Waals surface area contributed by atoms with E-state index < -0.39 is 4.92 Å². The molecule has 3 heterocycles. The molecule has 0 unspecified atom stereocenters. The van der Waals surface area contributed by atoms with E-state index in [1.54, 1.807) is 36.4 Å². The molecule has 2 aromatic heterocycles. The molecule has 12 heteroatoms. The van der Waals surface area contributed by atoms with Crippen LogP contribution in [0.2, 0.25) is 0 Å². The fourth-order valence-electron chi connectivity index (χ4n) is 6.76. The normalized spacial score (nSPS) is 13.0. The van der Waals surface area contributed by atoms with Gasteiger partial charge in [0.2, 0.25) is 0 Å². The average Bonchev–Trinajstić information content (AvgIpc) is 3.84. The summed E-state index contributed by atoms with van der Waals surface area (Å²) in [6.07, 6.45) is -0.0163. The number of hydrogen-bond acceptors (Lipinski definition) is 8. The van der Waals surface area contributed by atoms with Gasteiger partial charge >= 0.3 is 0 Å². The molecule has 1 aliphatic heterocycles. The monoisotopic (exact) mass is 814 g/mol. The number of nitro benzene ring substituents is 1. The van der Waals surface area contributed by atoms with Crippen molar-refractivity contribution in [3.05, 3.63) is 135 Å². The second kappa shape index (κ2) is 17.2. The number of benzene rings is 5. The van der Waals surface area contributed by atoms with Crippen LogP contribution in [0.25, 0.3) is 44.6 Å². The third kappa shape index (κ3) is 8.93. The van der Waals surface area contributed by atoms with E-state index in [9.17, 15) is 14.9 Å². The molecule has 0 amide bonds. The molecule has 0 aliphatic carbocycles. The van der Waals surface area contributed by atoms with Crippen molar-refractivity contribution in [2.75, 3.05) is 51.3 Å². The topological polar surface area (TPSA) is 130 Å². The molecule has 0 bridgehead atoms. The van der Waals surface area contributed by atoms with Crippen LogP contribution in [-0.2, 0) is 6.42 Å². The predicted octanol–water partition coefficient (Wildman–Crippen LogP) is 9.71. The van der Waals surface area contributed by atoms with Gasteiger partial charge in [-0.05, 0) is 111 Å². The van der Waals surface area contributed by atoms with Gasteiger partial charge in [-0.3, -0.25) is 14.9 Å². The number of aromatic amines is 2. The van der Waals surface area contributed by atoms with Crippen LogP contribution in [0.3, 0.4) is 0 Å². The number of halogens is 1. The highest BCUT2D eigenvalue weighted by Gasteiger charge is 2.19. The summed E-state index contributed by atoms with van der Waals surface area (Å²) >= 11 is 3.20. The first-order chi connectivity index (χ1) is 27.2. The standard InChI is InChI=1S/C28H29N5O.C16H14BrNO4/c1-3-34-23-9-6-19(7-10-23)25-16-20-4-5-21(17-26(20)29-25)28-30-24-11-8-22(18-27(24)31-28)33-14-12-32(2)13-15-33;1-2-22-14-7-4-11(5-8-14)16(19)9-12-3-6-13(17)10-15(12)18(20)21/h4-11,16-18,29H,3,12-15H2,1-2H3,(H,30,31);3-8,10H,2,9H2,1H3. The highest BCUT2D eigenvalue weighted by atomic mass is 79.9. The number of piperazine rings is 1. The predicted molar refractivity (Wildman–Crippen MR) is 226 cm³/mol. The molecular formula is C44H43BrN6O5. The summed E-state index contributed by atoms with van der Waals surface area (Å²) < 4.78 is 11.5. The lowest BCUT2D eigenvalue weighted by Gasteiger charge is -2.34. The van der Waals surface area contributed by atoms with Crippen molar-refractivity contribution in [2.45, 2.75) is 20.3 Å². The maximum absolute atomic E-state index is 12.3. The van der Waals surface area contributed by atoms with Crippen molar-refractivity contribution in [2.24, 2.45) is 0 Å². The number of imidazole rings is 1. The van der Waals surface area contributed by atoms with Gasteiger partial charge in [-0.15, -0.1) is 0 Å². The van der Waals surface area contributed by atoms with Crippen molar-refractivity contribution >= 4 is 55.0 Å². The van der Waals surface area contributed by atoms with E-state index in [0.29, 0.717) is 34.6 Å². The molecule has 2 N–H and O–H groups in total. The fourth-order valence-corrected chi connectivity index (χ4v) is 7.11. The molecule has 286 valence electrons. The molecule has 0 atom stereocenters. The summed E-state index contributed by atoms with van der Waals surface area (Å²) in [5, 5.41) is 12.2. The SMILES string of the molecule is CCOc1ccc(-c2cc3ccc(-c4nc5ccc(N6CCN(C)CC6)cc5[nH]4)cc3[nH]2)cc1.CCOc1ccc(C(=O)Cc2ccc(Br)cc2[N+](=O)[O-])cc1. The number of anilines is 1. The second-order valence-electron chi connectivity index (χ2n) is 13.6. The zero-order valence-electron chi connectivity index (χ0n) is 31.6. The number of Topliss-reactive ketones (excluding diaryl/α,β-unsaturated/α-hetero) is 1. The van der Waals surface area contributed by atoms with Crippen LogP contribution in [-0.4, -0.2) is 77.0 Å². The van der Waals surface area contributed by atoms with E-state index in [1.807, 2.05) is 26.0 Å². The molecule has 7 aromatic rings. The third-order valence-electron chi connectivity index (χ3n) is 9.79. The van der Waals surface area contributed by atoms with Crippen LogP contribution in [0, 0.1) is 10.1 Å². The van der Waals surface area contributed by atoms with Crippen molar-refractivity contribution < 1.29 is 19.2 Å². The van der Waals surface area contributed by atoms with Crippen molar-refractivity contribution in [3.63, 3.8) is 0 Å². The molecule has 1 fully saturated rings. The number of ketones is 1. The van der Waals surface area contributed by atoms with Gasteiger partial charge in [-0.25, -0.2) is 4.98 Å². The highest BCUT2D eigenvalue weighted by Crippen LogP contribution is 2.31. The molecule has 56 heavy (non-hydrogen) atoms. The number of H-pyrrole nitrogens is 2. The minimum Gasteiger partial charge on any atom is -0.494 e. The molecule has 0 spiro atoms. The van der Waals surface area contributed by atoms with Gasteiger partial charge in [0.1, 0.15) is 17.3 Å². The Labute approximate surface area is 333 Å². The Morgan fingerprint density at radius 3 is 2.14 bits per heavy atom. The van der Waals surface area contributed by atoms with Crippen LogP contribution in [0.4, 0.5) is 11.4 Å². The van der Waals surface area contributed by atoms with Gasteiger partial charge in [0.25, 0.3) is 5.69 Å². The maximum Gasteiger partial charge on any atom is 0.274 e. The summed E-state index contributed by atoms with van der Waals surface area (Å²) in [4.78, 5) is 39.7. The molecular weight excluding hydrogens is 772 g/mol. The Bertz CT molecular complexity index is 2470. The number of hydrogen-bond donors (Lipinski definition) is 2. The molecule has 5 aromatic carbocycles. The largest absolute Gasteiger partial charge is 0.494 e. The van der Waals surface area contributed by atoms with E-state index >= 15 is 0 Å². The summed E-state index contributed by atoms with van der Waals surface area (Å²) in [5.74, 6) is 2.30. The van der Waals surface area contributed by atoms with E-state index in [1.165, 1.54) is 17.1 Å². The van der Waals surface area contributed by atoms with E-state index in [4.69, 9.17) is 14.5 Å². The van der Waals surface area contributed by atoms with E-state index in [2.05, 4.69) is 97.3 Å². The number of likely N-dealkylation sites (N-methyl/N-ethyl adjacent to an activating group) is 1. The fraction of sp³-hybridized carbons (Fsp3) is 0.227. The second-order valence-corrected chi connectivity index (χ2v) is 14.5. The average molecular weight is 816 g/mol. The number of aromatic nitrogens is 3. The number of fused-ring (bicyclic) bond motifs is 2. The Hall–Kier alpha value is -5.98. The summed E-state index contributed by atoms with van der Waals surface area (Å²) in [6, 6.07) is 34.9. The van der Waals surface area contributed by atoms with E-state index in [-0.39, 0.29) is 17.9 Å². The Kier molecular flexibility index (Phi) is 11.8. The van der Waals surface area contributed by atoms with Gasteiger partial charge in [-0.2, -0.15) is 0 Å². The molecule has 0 radical (unpaired) electrons. The number of nitrogens with one attached hydrogen (secondary N) is 2. The smallest absolute Gasteiger partial charge is 0.274 e. The Morgan fingerprint density at radius 1 is 0.786 bits per heavy atom. The molecule has 1 saturated heterocycles. The zero-order valence-corrected chi connectivity index (χ0v) is 33.1. The molecule has 11 nitrogen and oxygen atoms in total. The number of carbonyl (C=O) groups excluding carboxylic acids is 1. The number of nitro groups is 1. The van der Waals surface area contributed by atoms with Gasteiger partial charge in [0.05, 0.1) is 29.2 Å². The summed E-state index contributed by atoms with van der Waals surface area (Å²) in [7, 11) is 2.18. The van der Waals surface area contributed by atoms with Gasteiger partial charge in [0, 0.05) is 82.1 Å².